The molecule has 19 heavy (non-hydrogen) atoms. The Bertz CT molecular complexity index is 521. The molecule has 0 amide bonds. The van der Waals surface area contributed by atoms with Crippen molar-refractivity contribution >= 4 is 11.4 Å². The highest BCUT2D eigenvalue weighted by Gasteiger charge is 2.02. The summed E-state index contributed by atoms with van der Waals surface area (Å²) < 4.78 is 0. The molecule has 2 heteroatoms. The van der Waals surface area contributed by atoms with Gasteiger partial charge in [-0.3, -0.25) is 0 Å². The summed E-state index contributed by atoms with van der Waals surface area (Å²) >= 11 is 0. The van der Waals surface area contributed by atoms with E-state index in [1.54, 1.807) is 0 Å². The summed E-state index contributed by atoms with van der Waals surface area (Å²) in [5, 5.41) is 3.49. The van der Waals surface area contributed by atoms with E-state index in [0.29, 0.717) is 0 Å². The van der Waals surface area contributed by atoms with E-state index < -0.39 is 0 Å². The second-order valence-electron chi connectivity index (χ2n) is 5.17. The van der Waals surface area contributed by atoms with Gasteiger partial charge in [0.1, 0.15) is 0 Å². The minimum Gasteiger partial charge on any atom is -0.381 e. The van der Waals surface area contributed by atoms with Gasteiger partial charge >= 0.3 is 0 Å². The van der Waals surface area contributed by atoms with E-state index in [2.05, 4.69) is 80.6 Å². The van der Waals surface area contributed by atoms with Crippen LogP contribution in [0.15, 0.2) is 42.5 Å². The Morgan fingerprint density at radius 3 is 2.00 bits per heavy atom. The predicted molar refractivity (Wildman–Crippen MR) is 84.0 cm³/mol. The Balaban J connectivity index is 2.06. The van der Waals surface area contributed by atoms with Crippen LogP contribution < -0.4 is 10.2 Å². The van der Waals surface area contributed by atoms with E-state index in [4.69, 9.17) is 0 Å². The van der Waals surface area contributed by atoms with Gasteiger partial charge in [0.25, 0.3) is 0 Å². The minimum absolute atomic E-state index is 0.875. The Morgan fingerprint density at radius 1 is 0.895 bits per heavy atom. The van der Waals surface area contributed by atoms with Gasteiger partial charge in [-0.25, -0.2) is 0 Å². The van der Waals surface area contributed by atoms with Crippen LogP contribution in [0.2, 0.25) is 0 Å². The van der Waals surface area contributed by atoms with Crippen LogP contribution in [-0.4, -0.2) is 14.1 Å². The maximum atomic E-state index is 3.49. The summed E-state index contributed by atoms with van der Waals surface area (Å²) in [6.45, 7) is 5.21. The Hall–Kier alpha value is -1.96. The van der Waals surface area contributed by atoms with Crippen molar-refractivity contribution < 1.29 is 0 Å². The fourth-order valence-corrected chi connectivity index (χ4v) is 2.20. The Morgan fingerprint density at radius 2 is 1.47 bits per heavy atom. The van der Waals surface area contributed by atoms with Gasteiger partial charge in [0.05, 0.1) is 0 Å². The molecule has 2 nitrogen and oxygen atoms in total. The monoisotopic (exact) mass is 254 g/mol. The van der Waals surface area contributed by atoms with Crippen molar-refractivity contribution in [3.8, 4) is 0 Å². The number of hydrogen-bond acceptors (Lipinski definition) is 2. The molecule has 0 fully saturated rings. The van der Waals surface area contributed by atoms with Crippen LogP contribution in [0, 0.1) is 13.8 Å². The molecule has 0 spiro atoms. The maximum Gasteiger partial charge on any atom is 0.0406 e. The third-order valence-electron chi connectivity index (χ3n) is 3.50. The molecule has 2 rings (SSSR count). The third-order valence-corrected chi connectivity index (χ3v) is 3.50. The van der Waals surface area contributed by atoms with Crippen LogP contribution in [0.1, 0.15) is 16.7 Å². The van der Waals surface area contributed by atoms with Gasteiger partial charge in [-0.2, -0.15) is 0 Å². The molecule has 100 valence electrons. The number of rotatable bonds is 4. The molecule has 0 unspecified atom stereocenters. The lowest BCUT2D eigenvalue weighted by Gasteiger charge is -2.14. The molecule has 0 aliphatic heterocycles. The summed E-state index contributed by atoms with van der Waals surface area (Å²) in [5.74, 6) is 0. The number of benzene rings is 2. The second-order valence-corrected chi connectivity index (χ2v) is 5.17. The summed E-state index contributed by atoms with van der Waals surface area (Å²) in [6, 6.07) is 15.0. The first-order chi connectivity index (χ1) is 9.08. The molecule has 0 aromatic heterocycles. The summed E-state index contributed by atoms with van der Waals surface area (Å²) in [6.07, 6.45) is 0. The fraction of sp³-hybridized carbons (Fsp3) is 0.294. The van der Waals surface area contributed by atoms with Crippen molar-refractivity contribution in [1.29, 1.82) is 0 Å². The number of nitrogens with zero attached hydrogens (tertiary/aromatic N) is 1. The SMILES string of the molecule is Cc1cccc(C)c1CNc1ccc(N(C)C)cc1. The lowest BCUT2D eigenvalue weighted by molar-refractivity contribution is 1.09. The first kappa shape index (κ1) is 13.5. The molecule has 0 aliphatic rings. The molecule has 0 aliphatic carbocycles. The van der Waals surface area contributed by atoms with E-state index in [1.165, 1.54) is 22.4 Å². The standard InChI is InChI=1S/C17H22N2/c1-13-6-5-7-14(2)17(13)12-18-15-8-10-16(11-9-15)19(3)4/h5-11,18H,12H2,1-4H3. The van der Waals surface area contributed by atoms with Crippen LogP contribution in [0.4, 0.5) is 11.4 Å². The lowest BCUT2D eigenvalue weighted by Crippen LogP contribution is -2.08. The molecular weight excluding hydrogens is 232 g/mol. The molecule has 0 atom stereocenters. The molecule has 0 bridgehead atoms. The van der Waals surface area contributed by atoms with Gasteiger partial charge in [-0.15, -0.1) is 0 Å². The highest BCUT2D eigenvalue weighted by Crippen LogP contribution is 2.18. The van der Waals surface area contributed by atoms with E-state index in [9.17, 15) is 0 Å². The zero-order chi connectivity index (χ0) is 13.8. The van der Waals surface area contributed by atoms with Gasteiger partial charge in [-0.05, 0) is 54.8 Å². The van der Waals surface area contributed by atoms with Crippen molar-refractivity contribution in [3.05, 3.63) is 59.2 Å². The third kappa shape index (κ3) is 3.28. The molecule has 0 saturated heterocycles. The molecule has 0 heterocycles. The number of aryl methyl sites for hydroxylation is 2. The molecule has 2 aromatic carbocycles. The molecule has 2 aromatic rings. The van der Waals surface area contributed by atoms with Crippen molar-refractivity contribution in [1.82, 2.24) is 0 Å². The van der Waals surface area contributed by atoms with E-state index in [-0.39, 0.29) is 0 Å². The van der Waals surface area contributed by atoms with Crippen LogP contribution >= 0.6 is 0 Å². The van der Waals surface area contributed by atoms with E-state index in [1.807, 2.05) is 0 Å². The molecular formula is C17H22N2. The highest BCUT2D eigenvalue weighted by molar-refractivity contribution is 5.54. The summed E-state index contributed by atoms with van der Waals surface area (Å²) in [7, 11) is 4.11. The average Bonchev–Trinajstić information content (AvgIpc) is 2.38. The fourth-order valence-electron chi connectivity index (χ4n) is 2.20. The van der Waals surface area contributed by atoms with Crippen LogP contribution in [-0.2, 0) is 6.54 Å². The highest BCUT2D eigenvalue weighted by atomic mass is 15.1. The van der Waals surface area contributed by atoms with Crippen molar-refractivity contribution in [3.63, 3.8) is 0 Å². The number of hydrogen-bond donors (Lipinski definition) is 1. The van der Waals surface area contributed by atoms with Gasteiger partial charge in [0.2, 0.25) is 0 Å². The van der Waals surface area contributed by atoms with E-state index >= 15 is 0 Å². The maximum absolute atomic E-state index is 3.49. The largest absolute Gasteiger partial charge is 0.381 e. The van der Waals surface area contributed by atoms with Gasteiger partial charge in [-0.1, -0.05) is 18.2 Å². The summed E-state index contributed by atoms with van der Waals surface area (Å²) in [5.41, 5.74) is 6.46. The lowest BCUT2D eigenvalue weighted by atomic mass is 10.0. The average molecular weight is 254 g/mol. The van der Waals surface area contributed by atoms with Crippen molar-refractivity contribution in [2.75, 3.05) is 24.3 Å². The van der Waals surface area contributed by atoms with E-state index in [0.717, 1.165) is 12.2 Å². The van der Waals surface area contributed by atoms with Crippen LogP contribution in [0.3, 0.4) is 0 Å². The molecule has 0 radical (unpaired) electrons. The smallest absolute Gasteiger partial charge is 0.0406 e. The first-order valence-electron chi connectivity index (χ1n) is 6.64. The zero-order valence-electron chi connectivity index (χ0n) is 12.2. The first-order valence-corrected chi connectivity index (χ1v) is 6.64. The Kier molecular flexibility index (Phi) is 4.10. The van der Waals surface area contributed by atoms with Crippen molar-refractivity contribution in [2.45, 2.75) is 20.4 Å². The topological polar surface area (TPSA) is 15.3 Å². The quantitative estimate of drug-likeness (QED) is 0.887. The second kappa shape index (κ2) is 5.79. The van der Waals surface area contributed by atoms with Crippen molar-refractivity contribution in [2.24, 2.45) is 0 Å². The van der Waals surface area contributed by atoms with Gasteiger partial charge in [0, 0.05) is 32.0 Å². The van der Waals surface area contributed by atoms with Crippen LogP contribution in [0.25, 0.3) is 0 Å². The van der Waals surface area contributed by atoms with Gasteiger partial charge < -0.3 is 10.2 Å². The normalized spacial score (nSPS) is 10.3. The van der Waals surface area contributed by atoms with Gasteiger partial charge in [0.15, 0.2) is 0 Å². The Labute approximate surface area is 116 Å². The zero-order valence-corrected chi connectivity index (χ0v) is 12.2. The summed E-state index contributed by atoms with van der Waals surface area (Å²) in [4.78, 5) is 2.11. The predicted octanol–water partition coefficient (Wildman–Crippen LogP) is 3.98. The number of anilines is 2. The molecule has 0 saturated carbocycles. The minimum atomic E-state index is 0.875. The number of nitrogens with one attached hydrogen (secondary N) is 1. The van der Waals surface area contributed by atoms with Crippen LogP contribution in [0.5, 0.6) is 0 Å². The molecule has 1 N–H and O–H groups in total.